The lowest BCUT2D eigenvalue weighted by Gasteiger charge is -2.40. The van der Waals surface area contributed by atoms with Gasteiger partial charge in [-0.2, -0.15) is 0 Å². The highest BCUT2D eigenvalue weighted by atomic mass is 16.4. The minimum absolute atomic E-state index is 0.0373. The first-order chi connectivity index (χ1) is 8.53. The van der Waals surface area contributed by atoms with Crippen LogP contribution >= 0.6 is 0 Å². The van der Waals surface area contributed by atoms with Crippen LogP contribution in [-0.4, -0.2) is 34.4 Å². The minimum Gasteiger partial charge on any atom is -0.480 e. The molecule has 1 fully saturated rings. The van der Waals surface area contributed by atoms with Crippen molar-refractivity contribution in [1.82, 2.24) is 5.32 Å². The van der Waals surface area contributed by atoms with E-state index in [-0.39, 0.29) is 12.1 Å². The topological polar surface area (TPSA) is 69.6 Å². The highest BCUT2D eigenvalue weighted by molar-refractivity contribution is 5.73. The molecule has 0 aromatic carbocycles. The molecule has 1 unspecified atom stereocenters. The number of hydrogen-bond acceptors (Lipinski definition) is 3. The molecule has 106 valence electrons. The van der Waals surface area contributed by atoms with Crippen LogP contribution in [-0.2, 0) is 4.79 Å². The number of aliphatic hydroxyl groups is 1. The van der Waals surface area contributed by atoms with Crippen molar-refractivity contribution < 1.29 is 15.0 Å². The number of carboxylic acid groups (broad SMARTS) is 1. The van der Waals surface area contributed by atoms with Crippen molar-refractivity contribution in [3.05, 3.63) is 0 Å². The Labute approximate surface area is 110 Å². The number of carbonyl (C=O) groups is 1. The molecule has 0 radical (unpaired) electrons. The van der Waals surface area contributed by atoms with Crippen LogP contribution in [0, 0.1) is 5.92 Å². The zero-order valence-corrected chi connectivity index (χ0v) is 11.6. The second-order valence-corrected chi connectivity index (χ2v) is 5.80. The molecule has 1 aliphatic carbocycles. The minimum atomic E-state index is -0.796. The van der Waals surface area contributed by atoms with Crippen molar-refractivity contribution >= 4 is 5.97 Å². The summed E-state index contributed by atoms with van der Waals surface area (Å²) in [5, 5.41) is 22.1. The molecule has 18 heavy (non-hydrogen) atoms. The highest BCUT2D eigenvalue weighted by Crippen LogP contribution is 2.32. The summed E-state index contributed by atoms with van der Waals surface area (Å²) in [5.41, 5.74) is -0.372. The molecule has 4 nitrogen and oxygen atoms in total. The number of aliphatic hydroxyl groups excluding tert-OH is 1. The van der Waals surface area contributed by atoms with Gasteiger partial charge in [-0.15, -0.1) is 0 Å². The molecular weight excluding hydrogens is 230 g/mol. The van der Waals surface area contributed by atoms with Crippen molar-refractivity contribution in [2.75, 3.05) is 6.61 Å². The summed E-state index contributed by atoms with van der Waals surface area (Å²) in [6.45, 7) is 4.31. The summed E-state index contributed by atoms with van der Waals surface area (Å²) < 4.78 is 0. The Hall–Kier alpha value is -0.610. The van der Waals surface area contributed by atoms with Gasteiger partial charge in [-0.25, -0.2) is 0 Å². The van der Waals surface area contributed by atoms with Gasteiger partial charge in [-0.1, -0.05) is 26.7 Å². The van der Waals surface area contributed by atoms with E-state index in [1.165, 1.54) is 0 Å². The molecule has 0 aromatic rings. The molecular formula is C14H27NO3. The van der Waals surface area contributed by atoms with E-state index < -0.39 is 12.0 Å². The van der Waals surface area contributed by atoms with E-state index in [1.54, 1.807) is 0 Å². The zero-order valence-electron chi connectivity index (χ0n) is 11.6. The maximum atomic E-state index is 11.3. The van der Waals surface area contributed by atoms with Crippen LogP contribution in [0.25, 0.3) is 0 Å². The van der Waals surface area contributed by atoms with Crippen molar-refractivity contribution in [2.24, 2.45) is 5.92 Å². The quantitative estimate of drug-likeness (QED) is 0.653. The zero-order chi connectivity index (χ0) is 13.6. The fraction of sp³-hybridized carbons (Fsp3) is 0.929. The van der Waals surface area contributed by atoms with Crippen molar-refractivity contribution in [1.29, 1.82) is 0 Å². The van der Waals surface area contributed by atoms with E-state index in [4.69, 9.17) is 0 Å². The fourth-order valence-electron chi connectivity index (χ4n) is 2.70. The van der Waals surface area contributed by atoms with E-state index >= 15 is 0 Å². The maximum Gasteiger partial charge on any atom is 0.320 e. The van der Waals surface area contributed by atoms with Crippen LogP contribution < -0.4 is 5.32 Å². The maximum absolute atomic E-state index is 11.3. The lowest BCUT2D eigenvalue weighted by atomic mass is 9.77. The number of rotatable bonds is 7. The van der Waals surface area contributed by atoms with Gasteiger partial charge in [0, 0.05) is 5.54 Å². The van der Waals surface area contributed by atoms with Gasteiger partial charge in [0.2, 0.25) is 0 Å². The average Bonchev–Trinajstić information content (AvgIpc) is 2.37. The van der Waals surface area contributed by atoms with E-state index in [0.29, 0.717) is 12.3 Å². The molecule has 0 saturated heterocycles. The Balaban J connectivity index is 2.61. The fourth-order valence-corrected chi connectivity index (χ4v) is 2.70. The summed E-state index contributed by atoms with van der Waals surface area (Å²) in [6.07, 6.45) is 6.42. The van der Waals surface area contributed by atoms with Crippen LogP contribution in [0.5, 0.6) is 0 Å². The summed E-state index contributed by atoms with van der Waals surface area (Å²) in [6, 6.07) is -0.523. The summed E-state index contributed by atoms with van der Waals surface area (Å²) in [5.74, 6) is -0.111. The van der Waals surface area contributed by atoms with Gasteiger partial charge >= 0.3 is 5.97 Å². The van der Waals surface area contributed by atoms with Gasteiger partial charge in [0.05, 0.1) is 6.61 Å². The Morgan fingerprint density at radius 1 is 1.44 bits per heavy atom. The average molecular weight is 257 g/mol. The predicted molar refractivity (Wildman–Crippen MR) is 71.5 cm³/mol. The first-order valence-electron chi connectivity index (χ1n) is 7.14. The Morgan fingerprint density at radius 3 is 2.50 bits per heavy atom. The van der Waals surface area contributed by atoms with E-state index in [9.17, 15) is 15.0 Å². The second-order valence-electron chi connectivity index (χ2n) is 5.80. The van der Waals surface area contributed by atoms with E-state index in [0.717, 1.165) is 38.5 Å². The van der Waals surface area contributed by atoms with Gasteiger partial charge in [-0.05, 0) is 38.0 Å². The Kier molecular flexibility index (Phi) is 6.09. The SMILES string of the molecule is CCCCC(NC1(CO)CCC(C)CC1)C(=O)O. The van der Waals surface area contributed by atoms with Crippen molar-refractivity contribution in [3.8, 4) is 0 Å². The molecule has 0 amide bonds. The largest absolute Gasteiger partial charge is 0.480 e. The molecule has 4 heteroatoms. The Morgan fingerprint density at radius 2 is 2.06 bits per heavy atom. The first kappa shape index (κ1) is 15.4. The monoisotopic (exact) mass is 257 g/mol. The number of aliphatic carboxylic acids is 1. The van der Waals surface area contributed by atoms with Crippen LogP contribution in [0.1, 0.15) is 58.8 Å². The molecule has 1 rings (SSSR count). The lowest BCUT2D eigenvalue weighted by molar-refractivity contribution is -0.140. The lowest BCUT2D eigenvalue weighted by Crippen LogP contribution is -2.57. The third kappa shape index (κ3) is 4.25. The van der Waals surface area contributed by atoms with Crippen molar-refractivity contribution in [3.63, 3.8) is 0 Å². The molecule has 0 heterocycles. The molecule has 3 N–H and O–H groups in total. The third-order valence-corrected chi connectivity index (χ3v) is 4.16. The van der Waals surface area contributed by atoms with Gasteiger partial charge in [0.15, 0.2) is 0 Å². The van der Waals surface area contributed by atoms with Crippen LogP contribution in [0.4, 0.5) is 0 Å². The van der Waals surface area contributed by atoms with E-state index in [2.05, 4.69) is 19.2 Å². The Bertz CT molecular complexity index is 260. The molecule has 1 atom stereocenters. The number of carboxylic acids is 1. The molecule has 0 aliphatic heterocycles. The standard InChI is InChI=1S/C14H27NO3/c1-3-4-5-12(13(17)18)15-14(10-16)8-6-11(2)7-9-14/h11-12,15-16H,3-10H2,1-2H3,(H,17,18). The van der Waals surface area contributed by atoms with Gasteiger partial charge in [0.25, 0.3) is 0 Å². The molecule has 1 saturated carbocycles. The molecule has 0 spiro atoms. The van der Waals surface area contributed by atoms with Crippen LogP contribution in [0.2, 0.25) is 0 Å². The predicted octanol–water partition coefficient (Wildman–Crippen LogP) is 2.16. The second kappa shape index (κ2) is 7.10. The summed E-state index contributed by atoms with van der Waals surface area (Å²) in [7, 11) is 0. The van der Waals surface area contributed by atoms with Gasteiger partial charge in [-0.3, -0.25) is 10.1 Å². The van der Waals surface area contributed by atoms with Crippen molar-refractivity contribution in [2.45, 2.75) is 70.4 Å². The van der Waals surface area contributed by atoms with Gasteiger partial charge in [0.1, 0.15) is 6.04 Å². The number of unbranched alkanes of at least 4 members (excludes halogenated alkanes) is 1. The van der Waals surface area contributed by atoms with Crippen LogP contribution in [0.15, 0.2) is 0 Å². The summed E-state index contributed by atoms with van der Waals surface area (Å²) >= 11 is 0. The number of hydrogen-bond donors (Lipinski definition) is 3. The molecule has 0 bridgehead atoms. The molecule has 1 aliphatic rings. The molecule has 0 aromatic heterocycles. The summed E-state index contributed by atoms with van der Waals surface area (Å²) in [4.78, 5) is 11.3. The van der Waals surface area contributed by atoms with E-state index in [1.807, 2.05) is 0 Å². The smallest absolute Gasteiger partial charge is 0.320 e. The highest BCUT2D eigenvalue weighted by Gasteiger charge is 2.36. The van der Waals surface area contributed by atoms with Crippen LogP contribution in [0.3, 0.4) is 0 Å². The first-order valence-corrected chi connectivity index (χ1v) is 7.14. The van der Waals surface area contributed by atoms with Gasteiger partial charge < -0.3 is 10.2 Å². The number of nitrogens with one attached hydrogen (secondary N) is 1. The third-order valence-electron chi connectivity index (χ3n) is 4.16. The normalized spacial score (nSPS) is 30.1.